The molecule has 4 heteroatoms. The smallest absolute Gasteiger partial charge is 0.0945 e. The minimum absolute atomic E-state index is 0.497. The van der Waals surface area contributed by atoms with Gasteiger partial charge in [-0.05, 0) is 19.2 Å². The molecule has 0 spiro atoms. The zero-order valence-electron chi connectivity index (χ0n) is 9.29. The lowest BCUT2D eigenvalue weighted by Crippen LogP contribution is -2.20. The van der Waals surface area contributed by atoms with Crippen LogP contribution < -0.4 is 10.2 Å². The Morgan fingerprint density at radius 2 is 2.13 bits per heavy atom. The van der Waals surface area contributed by atoms with Crippen molar-refractivity contribution in [2.75, 3.05) is 32.6 Å². The minimum Gasteiger partial charge on any atom is -0.387 e. The third-order valence-corrected chi connectivity index (χ3v) is 2.93. The van der Waals surface area contributed by atoms with Crippen LogP contribution >= 0.6 is 15.9 Å². The highest BCUT2D eigenvalue weighted by atomic mass is 79.9. The van der Waals surface area contributed by atoms with Crippen LogP contribution in [0.3, 0.4) is 0 Å². The number of nitrogens with one attached hydrogen (secondary N) is 1. The van der Waals surface area contributed by atoms with Crippen molar-refractivity contribution in [2.24, 2.45) is 0 Å². The van der Waals surface area contributed by atoms with Crippen molar-refractivity contribution in [3.63, 3.8) is 0 Å². The van der Waals surface area contributed by atoms with E-state index in [9.17, 15) is 5.11 Å². The number of aliphatic hydroxyl groups is 1. The highest BCUT2D eigenvalue weighted by Crippen LogP contribution is 2.31. The van der Waals surface area contributed by atoms with Crippen molar-refractivity contribution >= 4 is 21.6 Å². The van der Waals surface area contributed by atoms with E-state index < -0.39 is 6.10 Å². The molecule has 0 aromatic heterocycles. The maximum Gasteiger partial charge on any atom is 0.0945 e. The Morgan fingerprint density at radius 3 is 2.67 bits per heavy atom. The molecule has 0 bridgehead atoms. The molecule has 0 amide bonds. The summed E-state index contributed by atoms with van der Waals surface area (Å²) in [6.45, 7) is 0.545. The van der Waals surface area contributed by atoms with Crippen LogP contribution in [-0.4, -0.2) is 32.8 Å². The highest BCUT2D eigenvalue weighted by Gasteiger charge is 2.15. The molecule has 0 saturated heterocycles. The van der Waals surface area contributed by atoms with Gasteiger partial charge in [0.05, 0.1) is 6.10 Å². The fourth-order valence-electron chi connectivity index (χ4n) is 1.54. The van der Waals surface area contributed by atoms with E-state index in [2.05, 4.69) is 21.2 Å². The molecule has 0 aliphatic carbocycles. The Bertz CT molecular complexity index is 328. The first kappa shape index (κ1) is 12.5. The van der Waals surface area contributed by atoms with E-state index in [1.165, 1.54) is 0 Å². The molecule has 1 unspecified atom stereocenters. The summed E-state index contributed by atoms with van der Waals surface area (Å²) in [7, 11) is 5.77. The molecule has 0 saturated carbocycles. The normalized spacial score (nSPS) is 12.6. The van der Waals surface area contributed by atoms with Gasteiger partial charge in [0.2, 0.25) is 0 Å². The van der Waals surface area contributed by atoms with Crippen molar-refractivity contribution in [1.82, 2.24) is 5.32 Å². The second-order valence-electron chi connectivity index (χ2n) is 3.64. The summed E-state index contributed by atoms with van der Waals surface area (Å²) in [5.41, 5.74) is 1.96. The van der Waals surface area contributed by atoms with Gasteiger partial charge < -0.3 is 15.3 Å². The molecular weight excluding hydrogens is 256 g/mol. The van der Waals surface area contributed by atoms with Crippen molar-refractivity contribution in [3.8, 4) is 0 Å². The second-order valence-corrected chi connectivity index (χ2v) is 4.49. The number of aliphatic hydroxyl groups excluding tert-OH is 1. The van der Waals surface area contributed by atoms with Crippen LogP contribution in [0, 0.1) is 0 Å². The molecule has 0 radical (unpaired) electrons. The van der Waals surface area contributed by atoms with Crippen LogP contribution in [0.5, 0.6) is 0 Å². The highest BCUT2D eigenvalue weighted by molar-refractivity contribution is 9.10. The fourth-order valence-corrected chi connectivity index (χ4v) is 2.16. The van der Waals surface area contributed by atoms with Gasteiger partial charge in [-0.2, -0.15) is 0 Å². The standard InChI is InChI=1S/C11H17BrN2O/c1-13-7-10(15)11-8(12)5-4-6-9(11)14(2)3/h4-6,10,13,15H,7H2,1-3H3. The van der Waals surface area contributed by atoms with Crippen LogP contribution in [0.25, 0.3) is 0 Å². The van der Waals surface area contributed by atoms with Gasteiger partial charge >= 0.3 is 0 Å². The van der Waals surface area contributed by atoms with E-state index in [0.29, 0.717) is 6.54 Å². The average molecular weight is 273 g/mol. The van der Waals surface area contributed by atoms with Gasteiger partial charge in [-0.3, -0.25) is 0 Å². The molecule has 1 atom stereocenters. The van der Waals surface area contributed by atoms with Crippen molar-refractivity contribution in [2.45, 2.75) is 6.10 Å². The average Bonchev–Trinajstić information content (AvgIpc) is 2.17. The molecule has 1 aromatic rings. The van der Waals surface area contributed by atoms with Crippen LogP contribution in [-0.2, 0) is 0 Å². The topological polar surface area (TPSA) is 35.5 Å². The van der Waals surface area contributed by atoms with Gasteiger partial charge in [0.1, 0.15) is 0 Å². The van der Waals surface area contributed by atoms with E-state index in [0.717, 1.165) is 15.7 Å². The van der Waals surface area contributed by atoms with Crippen molar-refractivity contribution in [1.29, 1.82) is 0 Å². The summed E-state index contributed by atoms with van der Waals surface area (Å²) >= 11 is 3.47. The molecule has 0 fully saturated rings. The predicted octanol–water partition coefficient (Wildman–Crippen LogP) is 1.77. The van der Waals surface area contributed by atoms with Crippen LogP contribution in [0.1, 0.15) is 11.7 Å². The third kappa shape index (κ3) is 2.93. The number of benzene rings is 1. The Morgan fingerprint density at radius 1 is 1.47 bits per heavy atom. The first-order chi connectivity index (χ1) is 7.07. The van der Waals surface area contributed by atoms with Crippen LogP contribution in [0.2, 0.25) is 0 Å². The lowest BCUT2D eigenvalue weighted by Gasteiger charge is -2.22. The van der Waals surface area contributed by atoms with Crippen LogP contribution in [0.15, 0.2) is 22.7 Å². The fraction of sp³-hybridized carbons (Fsp3) is 0.455. The monoisotopic (exact) mass is 272 g/mol. The molecule has 2 N–H and O–H groups in total. The van der Waals surface area contributed by atoms with Gasteiger partial charge in [-0.15, -0.1) is 0 Å². The summed E-state index contributed by atoms with van der Waals surface area (Å²) in [5.74, 6) is 0. The third-order valence-electron chi connectivity index (χ3n) is 2.24. The number of rotatable bonds is 4. The first-order valence-electron chi connectivity index (χ1n) is 4.86. The summed E-state index contributed by atoms with van der Waals surface area (Å²) in [6.07, 6.45) is -0.497. The zero-order chi connectivity index (χ0) is 11.4. The van der Waals surface area contributed by atoms with Crippen molar-refractivity contribution in [3.05, 3.63) is 28.2 Å². The Balaban J connectivity index is 3.12. The summed E-state index contributed by atoms with van der Waals surface area (Å²) in [4.78, 5) is 2.00. The molecule has 15 heavy (non-hydrogen) atoms. The molecule has 3 nitrogen and oxygen atoms in total. The van der Waals surface area contributed by atoms with E-state index in [4.69, 9.17) is 0 Å². The quantitative estimate of drug-likeness (QED) is 0.877. The van der Waals surface area contributed by atoms with E-state index >= 15 is 0 Å². The number of nitrogens with zero attached hydrogens (tertiary/aromatic N) is 1. The Labute approximate surface area is 99.2 Å². The Kier molecular flexibility index (Phi) is 4.57. The predicted molar refractivity (Wildman–Crippen MR) is 67.4 cm³/mol. The van der Waals surface area contributed by atoms with Gasteiger partial charge in [0, 0.05) is 36.4 Å². The summed E-state index contributed by atoms with van der Waals surface area (Å²) in [6, 6.07) is 5.91. The maximum absolute atomic E-state index is 10.0. The lowest BCUT2D eigenvalue weighted by molar-refractivity contribution is 0.177. The number of hydrogen-bond donors (Lipinski definition) is 2. The molecule has 0 heterocycles. The number of likely N-dealkylation sites (N-methyl/N-ethyl adjacent to an activating group) is 1. The van der Waals surface area contributed by atoms with Crippen LogP contribution in [0.4, 0.5) is 5.69 Å². The summed E-state index contributed by atoms with van der Waals surface area (Å²) in [5, 5.41) is 13.0. The van der Waals surface area contributed by atoms with Gasteiger partial charge in [-0.1, -0.05) is 22.0 Å². The van der Waals surface area contributed by atoms with E-state index in [1.54, 1.807) is 0 Å². The summed E-state index contributed by atoms with van der Waals surface area (Å²) < 4.78 is 0.941. The molecule has 0 aliphatic rings. The zero-order valence-corrected chi connectivity index (χ0v) is 10.9. The maximum atomic E-state index is 10.0. The Hall–Kier alpha value is -0.580. The second kappa shape index (κ2) is 5.49. The number of halogens is 1. The van der Waals surface area contributed by atoms with Crippen molar-refractivity contribution < 1.29 is 5.11 Å². The number of hydrogen-bond acceptors (Lipinski definition) is 3. The van der Waals surface area contributed by atoms with Gasteiger partial charge in [0.15, 0.2) is 0 Å². The largest absolute Gasteiger partial charge is 0.387 e. The number of anilines is 1. The SMILES string of the molecule is CNCC(O)c1c(Br)cccc1N(C)C. The molecular formula is C11H17BrN2O. The first-order valence-corrected chi connectivity index (χ1v) is 5.65. The molecule has 84 valence electrons. The lowest BCUT2D eigenvalue weighted by atomic mass is 10.1. The van der Waals surface area contributed by atoms with E-state index in [-0.39, 0.29) is 0 Å². The minimum atomic E-state index is -0.497. The molecule has 0 aliphatic heterocycles. The van der Waals surface area contributed by atoms with E-state index in [1.807, 2.05) is 44.2 Å². The molecule has 1 rings (SSSR count). The molecule has 1 aromatic carbocycles. The van der Waals surface area contributed by atoms with Gasteiger partial charge in [0.25, 0.3) is 0 Å². The van der Waals surface area contributed by atoms with Gasteiger partial charge in [-0.25, -0.2) is 0 Å².